The van der Waals surface area contributed by atoms with Gasteiger partial charge in [0.2, 0.25) is 0 Å². The van der Waals surface area contributed by atoms with Gasteiger partial charge in [-0.25, -0.2) is 0 Å². The zero-order valence-corrected chi connectivity index (χ0v) is 11.6. The Bertz CT molecular complexity index is 498. The van der Waals surface area contributed by atoms with Crippen molar-refractivity contribution in [3.63, 3.8) is 0 Å². The number of nitrogens with two attached hydrogens (primary N) is 1. The van der Waals surface area contributed by atoms with Crippen LogP contribution in [0.25, 0.3) is 0 Å². The van der Waals surface area contributed by atoms with Gasteiger partial charge < -0.3 is 10.6 Å². The molecule has 19 heavy (non-hydrogen) atoms. The second kappa shape index (κ2) is 4.97. The van der Waals surface area contributed by atoms with Crippen LogP contribution in [0.15, 0.2) is 18.2 Å². The van der Waals surface area contributed by atoms with E-state index < -0.39 is 0 Å². The number of carbonyl (C=O) groups is 1. The second-order valence-corrected chi connectivity index (χ2v) is 6.02. The molecule has 0 spiro atoms. The smallest absolute Gasteiger partial charge is 0.253 e. The van der Waals surface area contributed by atoms with Crippen LogP contribution in [-0.4, -0.2) is 29.9 Å². The van der Waals surface area contributed by atoms with Crippen LogP contribution in [0.2, 0.25) is 0 Å². The van der Waals surface area contributed by atoms with Crippen LogP contribution in [-0.2, 0) is 12.8 Å². The Morgan fingerprint density at radius 2 is 2.11 bits per heavy atom. The number of hydrogen-bond donors (Lipinski definition) is 1. The van der Waals surface area contributed by atoms with E-state index in [9.17, 15) is 4.79 Å². The molecule has 1 heterocycles. The van der Waals surface area contributed by atoms with Crippen LogP contribution < -0.4 is 5.73 Å². The third-order valence-electron chi connectivity index (χ3n) is 4.65. The summed E-state index contributed by atoms with van der Waals surface area (Å²) < 4.78 is 0. The molecule has 1 aromatic rings. The molecule has 0 radical (unpaired) electrons. The lowest BCUT2D eigenvalue weighted by atomic mass is 9.93. The fourth-order valence-electron chi connectivity index (χ4n) is 3.17. The Morgan fingerprint density at radius 3 is 2.89 bits per heavy atom. The normalized spacial score (nSPS) is 26.3. The molecule has 1 aliphatic carbocycles. The van der Waals surface area contributed by atoms with Crippen molar-refractivity contribution in [1.29, 1.82) is 0 Å². The number of likely N-dealkylation sites (tertiary alicyclic amines) is 1. The summed E-state index contributed by atoms with van der Waals surface area (Å²) >= 11 is 0. The molecule has 0 bridgehead atoms. The summed E-state index contributed by atoms with van der Waals surface area (Å²) in [6, 6.07) is 6.32. The number of hydrogen-bond acceptors (Lipinski definition) is 2. The highest BCUT2D eigenvalue weighted by atomic mass is 16.2. The molecule has 1 saturated heterocycles. The van der Waals surface area contributed by atoms with Gasteiger partial charge in [0, 0.05) is 24.7 Å². The quantitative estimate of drug-likeness (QED) is 0.837. The van der Waals surface area contributed by atoms with Crippen LogP contribution >= 0.6 is 0 Å². The first-order valence-corrected chi connectivity index (χ1v) is 7.32. The molecule has 3 nitrogen and oxygen atoms in total. The molecule has 2 unspecified atom stereocenters. The van der Waals surface area contributed by atoms with Crippen molar-refractivity contribution in [3.8, 4) is 0 Å². The Labute approximate surface area is 114 Å². The first kappa shape index (κ1) is 12.7. The zero-order chi connectivity index (χ0) is 13.4. The highest BCUT2D eigenvalue weighted by Gasteiger charge is 2.27. The summed E-state index contributed by atoms with van der Waals surface area (Å²) in [4.78, 5) is 14.4. The highest BCUT2D eigenvalue weighted by Crippen LogP contribution is 2.24. The number of aryl methyl sites for hydroxylation is 2. The maximum absolute atomic E-state index is 12.5. The summed E-state index contributed by atoms with van der Waals surface area (Å²) in [5.74, 6) is 0.668. The lowest BCUT2D eigenvalue weighted by Crippen LogP contribution is -2.49. The lowest BCUT2D eigenvalue weighted by Gasteiger charge is -2.35. The fourth-order valence-corrected chi connectivity index (χ4v) is 3.17. The van der Waals surface area contributed by atoms with Crippen molar-refractivity contribution in [2.75, 3.05) is 13.1 Å². The van der Waals surface area contributed by atoms with Gasteiger partial charge in [0.1, 0.15) is 0 Å². The molecule has 1 fully saturated rings. The van der Waals surface area contributed by atoms with Crippen molar-refractivity contribution in [2.45, 2.75) is 38.6 Å². The molecule has 1 aromatic carbocycles. The number of rotatable bonds is 1. The van der Waals surface area contributed by atoms with E-state index in [1.165, 1.54) is 17.5 Å². The maximum atomic E-state index is 12.5. The molecule has 1 aliphatic heterocycles. The number of piperidine rings is 1. The minimum absolute atomic E-state index is 0.118. The van der Waals surface area contributed by atoms with E-state index in [1.54, 1.807) is 0 Å². The van der Waals surface area contributed by atoms with Gasteiger partial charge in [-0.15, -0.1) is 0 Å². The van der Waals surface area contributed by atoms with Crippen molar-refractivity contribution in [1.82, 2.24) is 4.90 Å². The number of fused-ring (bicyclic) bond motifs is 1. The van der Waals surface area contributed by atoms with Gasteiger partial charge in [-0.2, -0.15) is 0 Å². The van der Waals surface area contributed by atoms with Crippen LogP contribution in [0.1, 0.15) is 41.3 Å². The van der Waals surface area contributed by atoms with E-state index in [0.717, 1.165) is 31.4 Å². The van der Waals surface area contributed by atoms with E-state index in [2.05, 4.69) is 19.1 Å². The van der Waals surface area contributed by atoms with Gasteiger partial charge in [0.05, 0.1) is 0 Å². The summed E-state index contributed by atoms with van der Waals surface area (Å²) in [6.45, 7) is 3.70. The van der Waals surface area contributed by atoms with E-state index >= 15 is 0 Å². The third kappa shape index (κ3) is 2.39. The molecule has 0 aromatic heterocycles. The first-order chi connectivity index (χ1) is 9.15. The zero-order valence-electron chi connectivity index (χ0n) is 11.6. The molecule has 3 rings (SSSR count). The monoisotopic (exact) mass is 258 g/mol. The van der Waals surface area contributed by atoms with Gasteiger partial charge in [0.25, 0.3) is 5.91 Å². The van der Waals surface area contributed by atoms with E-state index in [1.807, 2.05) is 11.0 Å². The Balaban J connectivity index is 1.77. The highest BCUT2D eigenvalue weighted by molar-refractivity contribution is 5.94. The predicted molar refractivity (Wildman–Crippen MR) is 76.1 cm³/mol. The standard InChI is InChI=1S/C16H22N2O/c1-11-7-8-18(10-15(11)17)16(19)14-6-5-12-3-2-4-13(12)9-14/h5-6,9,11,15H,2-4,7-8,10,17H2,1H3. The Morgan fingerprint density at radius 1 is 1.32 bits per heavy atom. The maximum Gasteiger partial charge on any atom is 0.253 e. The minimum Gasteiger partial charge on any atom is -0.337 e. The van der Waals surface area contributed by atoms with Crippen LogP contribution in [0.5, 0.6) is 0 Å². The molecule has 0 saturated carbocycles. The Kier molecular flexibility index (Phi) is 3.31. The van der Waals surface area contributed by atoms with Crippen molar-refractivity contribution >= 4 is 5.91 Å². The molecule has 2 atom stereocenters. The van der Waals surface area contributed by atoms with Crippen molar-refractivity contribution in [3.05, 3.63) is 34.9 Å². The van der Waals surface area contributed by atoms with E-state index in [-0.39, 0.29) is 11.9 Å². The number of nitrogens with zero attached hydrogens (tertiary/aromatic N) is 1. The van der Waals surface area contributed by atoms with Gasteiger partial charge in [-0.05, 0) is 54.9 Å². The largest absolute Gasteiger partial charge is 0.337 e. The minimum atomic E-state index is 0.118. The van der Waals surface area contributed by atoms with Gasteiger partial charge >= 0.3 is 0 Å². The second-order valence-electron chi connectivity index (χ2n) is 6.02. The van der Waals surface area contributed by atoms with Crippen molar-refractivity contribution in [2.24, 2.45) is 11.7 Å². The molecular weight excluding hydrogens is 236 g/mol. The van der Waals surface area contributed by atoms with Crippen molar-refractivity contribution < 1.29 is 4.79 Å². The fraction of sp³-hybridized carbons (Fsp3) is 0.562. The summed E-state index contributed by atoms with van der Waals surface area (Å²) in [5, 5.41) is 0. The lowest BCUT2D eigenvalue weighted by molar-refractivity contribution is 0.0672. The molecule has 1 amide bonds. The van der Waals surface area contributed by atoms with E-state index in [4.69, 9.17) is 5.73 Å². The molecule has 102 valence electrons. The predicted octanol–water partition coefficient (Wildman–Crippen LogP) is 1.98. The average molecular weight is 258 g/mol. The molecule has 2 aliphatic rings. The number of carbonyl (C=O) groups excluding carboxylic acids is 1. The number of amides is 1. The van der Waals surface area contributed by atoms with Crippen LogP contribution in [0.4, 0.5) is 0 Å². The Hall–Kier alpha value is -1.35. The SMILES string of the molecule is CC1CCN(C(=O)c2ccc3c(c2)CCC3)CC1N. The van der Waals surface area contributed by atoms with Crippen LogP contribution in [0.3, 0.4) is 0 Å². The third-order valence-corrected chi connectivity index (χ3v) is 4.65. The molecular formula is C16H22N2O. The summed E-state index contributed by atoms with van der Waals surface area (Å²) in [6.07, 6.45) is 4.51. The van der Waals surface area contributed by atoms with Gasteiger partial charge in [-0.3, -0.25) is 4.79 Å². The van der Waals surface area contributed by atoms with E-state index in [0.29, 0.717) is 12.5 Å². The summed E-state index contributed by atoms with van der Waals surface area (Å²) in [7, 11) is 0. The van der Waals surface area contributed by atoms with Gasteiger partial charge in [-0.1, -0.05) is 13.0 Å². The molecule has 3 heteroatoms. The van der Waals surface area contributed by atoms with Crippen LogP contribution in [0, 0.1) is 5.92 Å². The van der Waals surface area contributed by atoms with Gasteiger partial charge in [0.15, 0.2) is 0 Å². The molecule has 2 N–H and O–H groups in total. The summed E-state index contributed by atoms with van der Waals surface area (Å²) in [5.41, 5.74) is 9.70. The topological polar surface area (TPSA) is 46.3 Å². The average Bonchev–Trinajstić information content (AvgIpc) is 2.88. The number of benzene rings is 1. The first-order valence-electron chi connectivity index (χ1n) is 7.32.